The maximum Gasteiger partial charge on any atom is 0.319 e. The van der Waals surface area contributed by atoms with Gasteiger partial charge in [0.25, 0.3) is 0 Å². The lowest BCUT2D eigenvalue weighted by Gasteiger charge is -2.28. The maximum atomic E-state index is 12.3. The van der Waals surface area contributed by atoms with Crippen molar-refractivity contribution in [3.8, 4) is 0 Å². The van der Waals surface area contributed by atoms with Gasteiger partial charge >= 0.3 is 5.92 Å². The van der Waals surface area contributed by atoms with Crippen molar-refractivity contribution in [2.45, 2.75) is 31.0 Å². The summed E-state index contributed by atoms with van der Waals surface area (Å²) >= 11 is 4.48. The molecule has 0 fully saturated rings. The molecule has 0 saturated heterocycles. The van der Waals surface area contributed by atoms with E-state index in [0.29, 0.717) is 0 Å². The number of halogens is 4. The van der Waals surface area contributed by atoms with Crippen molar-refractivity contribution in [3.05, 3.63) is 0 Å². The summed E-state index contributed by atoms with van der Waals surface area (Å²) in [6.07, 6.45) is 0. The molecule has 0 aromatic carbocycles. The van der Waals surface area contributed by atoms with Gasteiger partial charge in [-0.3, -0.25) is 0 Å². The summed E-state index contributed by atoms with van der Waals surface area (Å²) in [5.74, 6) is -3.91. The molecule has 0 aromatic rings. The molecular formula is C5H8ClF3O. The van der Waals surface area contributed by atoms with E-state index >= 15 is 0 Å². The highest BCUT2D eigenvalue weighted by atomic mass is 35.5. The smallest absolute Gasteiger partial charge is 0.319 e. The summed E-state index contributed by atoms with van der Waals surface area (Å²) in [6.45, 7) is 1.59. The molecule has 0 aromatic heterocycles. The average Bonchev–Trinajstić information content (AvgIpc) is 1.62. The largest absolute Gasteiger partial charge is 0.384 e. The first-order valence-corrected chi connectivity index (χ1v) is 3.01. The first-order chi connectivity index (χ1) is 4.19. The molecule has 1 nitrogen and oxygen atoms in total. The van der Waals surface area contributed by atoms with Crippen LogP contribution in [0.5, 0.6) is 0 Å². The second kappa shape index (κ2) is 2.58. The van der Waals surface area contributed by atoms with Crippen LogP contribution in [0.1, 0.15) is 13.8 Å². The second-order valence-electron chi connectivity index (χ2n) is 2.48. The Bertz CT molecular complexity index is 119. The lowest BCUT2D eigenvalue weighted by Crippen LogP contribution is -2.47. The Morgan fingerprint density at radius 1 is 1.40 bits per heavy atom. The van der Waals surface area contributed by atoms with E-state index in [-0.39, 0.29) is 0 Å². The van der Waals surface area contributed by atoms with E-state index in [1.165, 1.54) is 0 Å². The van der Waals surface area contributed by atoms with Gasteiger partial charge in [0.1, 0.15) is 5.60 Å². The summed E-state index contributed by atoms with van der Waals surface area (Å²) in [7, 11) is 0. The van der Waals surface area contributed by atoms with Crippen LogP contribution < -0.4 is 0 Å². The predicted molar refractivity (Wildman–Crippen MR) is 32.0 cm³/mol. The SMILES string of the molecule is CC(C)(O)C(F)(F)C(F)Cl. The second-order valence-corrected chi connectivity index (χ2v) is 2.87. The van der Waals surface area contributed by atoms with E-state index in [4.69, 9.17) is 5.11 Å². The van der Waals surface area contributed by atoms with Crippen molar-refractivity contribution in [2.75, 3.05) is 0 Å². The summed E-state index contributed by atoms with van der Waals surface area (Å²) in [5.41, 5.74) is -5.28. The maximum absolute atomic E-state index is 12.3. The molecular weight excluding hydrogens is 169 g/mol. The van der Waals surface area contributed by atoms with Gasteiger partial charge in [-0.2, -0.15) is 8.78 Å². The van der Waals surface area contributed by atoms with Crippen molar-refractivity contribution in [1.82, 2.24) is 0 Å². The lowest BCUT2D eigenvalue weighted by atomic mass is 10.0. The minimum absolute atomic E-state index is 0.794. The van der Waals surface area contributed by atoms with E-state index in [9.17, 15) is 13.2 Å². The topological polar surface area (TPSA) is 20.2 Å². The van der Waals surface area contributed by atoms with E-state index in [2.05, 4.69) is 11.6 Å². The Labute approximate surface area is 61.8 Å². The van der Waals surface area contributed by atoms with E-state index in [0.717, 1.165) is 13.8 Å². The van der Waals surface area contributed by atoms with Gasteiger partial charge in [-0.05, 0) is 13.8 Å². The Morgan fingerprint density at radius 3 is 1.70 bits per heavy atom. The standard InChI is InChI=1S/C5H8ClF3O/c1-4(2,10)5(8,9)3(6)7/h3,10H,1-2H3. The minimum atomic E-state index is -3.91. The quantitative estimate of drug-likeness (QED) is 0.638. The zero-order valence-electron chi connectivity index (χ0n) is 5.54. The number of rotatable bonds is 2. The Kier molecular flexibility index (Phi) is 2.59. The molecule has 62 valence electrons. The predicted octanol–water partition coefficient (Wildman–Crippen LogP) is 1.93. The van der Waals surface area contributed by atoms with Crippen LogP contribution in [0, 0.1) is 0 Å². The summed E-state index contributed by atoms with van der Waals surface area (Å²) < 4.78 is 36.4. The third kappa shape index (κ3) is 1.76. The molecule has 0 bridgehead atoms. The lowest BCUT2D eigenvalue weighted by molar-refractivity contribution is -0.180. The molecule has 5 heteroatoms. The third-order valence-electron chi connectivity index (χ3n) is 1.09. The van der Waals surface area contributed by atoms with Crippen molar-refractivity contribution in [3.63, 3.8) is 0 Å². The van der Waals surface area contributed by atoms with Gasteiger partial charge in [0, 0.05) is 0 Å². The van der Waals surface area contributed by atoms with Crippen molar-refractivity contribution < 1.29 is 18.3 Å². The molecule has 10 heavy (non-hydrogen) atoms. The Hall–Kier alpha value is 0.0400. The monoisotopic (exact) mass is 176 g/mol. The van der Waals surface area contributed by atoms with Gasteiger partial charge in [-0.15, -0.1) is 0 Å². The van der Waals surface area contributed by atoms with Crippen LogP contribution in [0.15, 0.2) is 0 Å². The number of hydrogen-bond acceptors (Lipinski definition) is 1. The summed E-state index contributed by atoms with van der Waals surface area (Å²) in [6, 6.07) is 0. The molecule has 0 aliphatic rings. The van der Waals surface area contributed by atoms with Gasteiger partial charge in [0.15, 0.2) is 0 Å². The van der Waals surface area contributed by atoms with Crippen LogP contribution in [0.4, 0.5) is 13.2 Å². The third-order valence-corrected chi connectivity index (χ3v) is 1.36. The highest BCUT2D eigenvalue weighted by Crippen LogP contribution is 2.35. The summed E-state index contributed by atoms with van der Waals surface area (Å²) in [5, 5.41) is 8.64. The molecule has 1 N–H and O–H groups in total. The first kappa shape index (κ1) is 10.0. The zero-order chi connectivity index (χ0) is 8.58. The van der Waals surface area contributed by atoms with Crippen LogP contribution >= 0.6 is 11.6 Å². The van der Waals surface area contributed by atoms with Crippen molar-refractivity contribution in [2.24, 2.45) is 0 Å². The van der Waals surface area contributed by atoms with E-state index < -0.39 is 17.2 Å². The van der Waals surface area contributed by atoms with Gasteiger partial charge in [0.05, 0.1) is 0 Å². The molecule has 1 unspecified atom stereocenters. The van der Waals surface area contributed by atoms with Crippen molar-refractivity contribution in [1.29, 1.82) is 0 Å². The number of hydrogen-bond donors (Lipinski definition) is 1. The van der Waals surface area contributed by atoms with Crippen LogP contribution in [0.25, 0.3) is 0 Å². The van der Waals surface area contributed by atoms with E-state index in [1.54, 1.807) is 0 Å². The minimum Gasteiger partial charge on any atom is -0.384 e. The molecule has 1 atom stereocenters. The molecule has 0 heterocycles. The highest BCUT2D eigenvalue weighted by molar-refractivity contribution is 6.20. The van der Waals surface area contributed by atoms with Crippen LogP contribution in [0.3, 0.4) is 0 Å². The molecule has 0 amide bonds. The van der Waals surface area contributed by atoms with Crippen LogP contribution in [-0.4, -0.2) is 22.3 Å². The average molecular weight is 177 g/mol. The number of aliphatic hydroxyl groups is 1. The normalized spacial score (nSPS) is 17.1. The van der Waals surface area contributed by atoms with Gasteiger partial charge in [-0.1, -0.05) is 11.6 Å². The Morgan fingerprint density at radius 2 is 1.70 bits per heavy atom. The zero-order valence-corrected chi connectivity index (χ0v) is 6.29. The molecule has 0 aliphatic carbocycles. The number of alkyl halides is 4. The molecule has 0 aliphatic heterocycles. The fraction of sp³-hybridized carbons (Fsp3) is 1.00. The van der Waals surface area contributed by atoms with Gasteiger partial charge < -0.3 is 5.11 Å². The van der Waals surface area contributed by atoms with Crippen LogP contribution in [0.2, 0.25) is 0 Å². The Balaban J connectivity index is 4.40. The fourth-order valence-corrected chi connectivity index (χ4v) is 0.534. The van der Waals surface area contributed by atoms with Crippen molar-refractivity contribution >= 4 is 11.6 Å². The van der Waals surface area contributed by atoms with Gasteiger partial charge in [0.2, 0.25) is 5.63 Å². The molecule has 0 saturated carbocycles. The highest BCUT2D eigenvalue weighted by Gasteiger charge is 2.52. The van der Waals surface area contributed by atoms with Crippen LogP contribution in [-0.2, 0) is 0 Å². The molecule has 0 rings (SSSR count). The van der Waals surface area contributed by atoms with Gasteiger partial charge in [-0.25, -0.2) is 4.39 Å². The molecule has 0 radical (unpaired) electrons. The van der Waals surface area contributed by atoms with E-state index in [1.807, 2.05) is 0 Å². The summed E-state index contributed by atoms with van der Waals surface area (Å²) in [4.78, 5) is 0. The molecule has 0 spiro atoms. The first-order valence-electron chi connectivity index (χ1n) is 2.58. The fourth-order valence-electron chi connectivity index (χ4n) is 0.267.